The molecular weight excluding hydrogens is 374 g/mol. The number of para-hydroxylation sites is 2. The minimum atomic E-state index is -0.169. The zero-order chi connectivity index (χ0) is 19.5. The summed E-state index contributed by atoms with van der Waals surface area (Å²) in [6.07, 6.45) is -0.169. The summed E-state index contributed by atoms with van der Waals surface area (Å²) in [7, 11) is 0. The minimum Gasteiger partial charge on any atom is -0.486 e. The van der Waals surface area contributed by atoms with E-state index in [1.54, 1.807) is 0 Å². The molecule has 0 saturated carbocycles. The highest BCUT2D eigenvalue weighted by Crippen LogP contribution is 2.31. The number of thioether (sulfide) groups is 1. The van der Waals surface area contributed by atoms with Gasteiger partial charge in [0.25, 0.3) is 0 Å². The molecule has 1 amide bonds. The van der Waals surface area contributed by atoms with E-state index in [0.29, 0.717) is 25.4 Å². The molecule has 0 aliphatic carbocycles. The van der Waals surface area contributed by atoms with Crippen LogP contribution in [0.5, 0.6) is 11.5 Å². The molecule has 0 bridgehead atoms. The summed E-state index contributed by atoms with van der Waals surface area (Å²) in [6.45, 7) is 5.59. The number of aromatic amines is 1. The highest BCUT2D eigenvalue weighted by Gasteiger charge is 2.25. The number of H-pyrrole nitrogens is 1. The number of likely N-dealkylation sites (N-methyl/N-ethyl adjacent to an activating group) is 1. The number of carbonyl (C=O) groups is 1. The van der Waals surface area contributed by atoms with Crippen LogP contribution in [-0.2, 0) is 4.79 Å². The molecule has 1 aromatic heterocycles. The van der Waals surface area contributed by atoms with Crippen molar-refractivity contribution in [3.63, 3.8) is 0 Å². The molecule has 0 fully saturated rings. The quantitative estimate of drug-likeness (QED) is 0.643. The van der Waals surface area contributed by atoms with Crippen LogP contribution in [0, 0.1) is 6.92 Å². The molecule has 2 aromatic carbocycles. The van der Waals surface area contributed by atoms with Gasteiger partial charge < -0.3 is 19.4 Å². The summed E-state index contributed by atoms with van der Waals surface area (Å²) in [4.78, 5) is 22.3. The van der Waals surface area contributed by atoms with E-state index in [0.717, 1.165) is 27.7 Å². The summed E-state index contributed by atoms with van der Waals surface area (Å²) in [5.41, 5.74) is 3.09. The number of nitrogens with one attached hydrogen (secondary N) is 1. The first kappa shape index (κ1) is 18.7. The van der Waals surface area contributed by atoms with Crippen LogP contribution < -0.4 is 9.47 Å². The first-order chi connectivity index (χ1) is 13.6. The Morgan fingerprint density at radius 2 is 2.11 bits per heavy atom. The molecule has 0 saturated heterocycles. The van der Waals surface area contributed by atoms with Crippen LogP contribution in [-0.4, -0.2) is 52.3 Å². The molecule has 146 valence electrons. The summed E-state index contributed by atoms with van der Waals surface area (Å²) in [6, 6.07) is 13.7. The average Bonchev–Trinajstić information content (AvgIpc) is 3.12. The fourth-order valence-corrected chi connectivity index (χ4v) is 3.98. The van der Waals surface area contributed by atoms with Crippen molar-refractivity contribution < 1.29 is 14.3 Å². The van der Waals surface area contributed by atoms with Gasteiger partial charge in [-0.3, -0.25) is 4.79 Å². The summed E-state index contributed by atoms with van der Waals surface area (Å²) in [5, 5.41) is 0.760. The number of aromatic nitrogens is 2. The number of aryl methyl sites for hydroxylation is 1. The Bertz CT molecular complexity index is 988. The van der Waals surface area contributed by atoms with Gasteiger partial charge in [0.2, 0.25) is 5.91 Å². The summed E-state index contributed by atoms with van der Waals surface area (Å²) in [5.74, 6) is 1.88. The highest BCUT2D eigenvalue weighted by atomic mass is 32.2. The summed E-state index contributed by atoms with van der Waals surface area (Å²) >= 11 is 1.42. The third-order valence-electron chi connectivity index (χ3n) is 4.67. The Kier molecular flexibility index (Phi) is 5.43. The van der Waals surface area contributed by atoms with Crippen LogP contribution in [0.25, 0.3) is 11.0 Å². The smallest absolute Gasteiger partial charge is 0.233 e. The van der Waals surface area contributed by atoms with Gasteiger partial charge in [0.15, 0.2) is 22.8 Å². The van der Waals surface area contributed by atoms with Gasteiger partial charge in [-0.25, -0.2) is 4.98 Å². The number of hydrogen-bond acceptors (Lipinski definition) is 5. The van der Waals surface area contributed by atoms with Crippen molar-refractivity contribution in [3.8, 4) is 11.5 Å². The number of carbonyl (C=O) groups excluding carboxylic acids is 1. The fraction of sp³-hybridized carbons (Fsp3) is 0.333. The van der Waals surface area contributed by atoms with Gasteiger partial charge in [0, 0.05) is 6.54 Å². The Balaban J connectivity index is 1.34. The molecule has 28 heavy (non-hydrogen) atoms. The molecule has 0 spiro atoms. The van der Waals surface area contributed by atoms with Crippen LogP contribution in [0.1, 0.15) is 12.5 Å². The lowest BCUT2D eigenvalue weighted by atomic mass is 10.2. The largest absolute Gasteiger partial charge is 0.486 e. The second-order valence-electron chi connectivity index (χ2n) is 6.78. The van der Waals surface area contributed by atoms with E-state index < -0.39 is 0 Å². The normalized spacial score (nSPS) is 15.6. The third kappa shape index (κ3) is 4.09. The third-order valence-corrected chi connectivity index (χ3v) is 5.53. The molecule has 7 heteroatoms. The first-order valence-corrected chi connectivity index (χ1v) is 10.4. The van der Waals surface area contributed by atoms with Crippen molar-refractivity contribution >= 4 is 28.7 Å². The molecule has 1 aliphatic heterocycles. The fourth-order valence-electron chi connectivity index (χ4n) is 3.20. The molecule has 1 atom stereocenters. The molecule has 1 N–H and O–H groups in total. The first-order valence-electron chi connectivity index (χ1n) is 9.38. The lowest BCUT2D eigenvalue weighted by Gasteiger charge is -2.30. The molecule has 1 aliphatic rings. The molecule has 2 heterocycles. The minimum absolute atomic E-state index is 0.0617. The van der Waals surface area contributed by atoms with E-state index in [2.05, 4.69) is 16.0 Å². The predicted molar refractivity (Wildman–Crippen MR) is 110 cm³/mol. The van der Waals surface area contributed by atoms with Crippen molar-refractivity contribution in [2.75, 3.05) is 25.4 Å². The van der Waals surface area contributed by atoms with E-state index in [4.69, 9.17) is 9.47 Å². The number of ether oxygens (including phenoxy) is 2. The monoisotopic (exact) mass is 397 g/mol. The SMILES string of the molecule is CCN(C[C@@H]1COc2ccccc2O1)C(=O)CSc1nc2ccc(C)cc2[nH]1. The molecular formula is C21H23N3O3S. The number of nitrogens with zero attached hydrogens (tertiary/aromatic N) is 2. The number of rotatable bonds is 6. The molecule has 3 aromatic rings. The molecule has 4 rings (SSSR count). The Labute approximate surface area is 168 Å². The second-order valence-corrected chi connectivity index (χ2v) is 7.75. The Morgan fingerprint density at radius 1 is 1.29 bits per heavy atom. The van der Waals surface area contributed by atoms with Gasteiger partial charge in [0.1, 0.15) is 6.61 Å². The predicted octanol–water partition coefficient (Wildman–Crippen LogP) is 3.65. The van der Waals surface area contributed by atoms with Gasteiger partial charge in [0.05, 0.1) is 23.3 Å². The van der Waals surface area contributed by atoms with Crippen molar-refractivity contribution in [3.05, 3.63) is 48.0 Å². The Hall–Kier alpha value is -2.67. The van der Waals surface area contributed by atoms with Crippen molar-refractivity contribution in [1.29, 1.82) is 0 Å². The van der Waals surface area contributed by atoms with E-state index >= 15 is 0 Å². The van der Waals surface area contributed by atoms with Gasteiger partial charge in [-0.05, 0) is 43.7 Å². The lowest BCUT2D eigenvalue weighted by molar-refractivity contribution is -0.129. The number of amides is 1. The van der Waals surface area contributed by atoms with Crippen LogP contribution in [0.2, 0.25) is 0 Å². The maximum atomic E-state index is 12.7. The molecule has 0 unspecified atom stereocenters. The van der Waals surface area contributed by atoms with Gasteiger partial charge in [-0.1, -0.05) is 30.0 Å². The maximum absolute atomic E-state index is 12.7. The number of benzene rings is 2. The van der Waals surface area contributed by atoms with Crippen LogP contribution in [0.15, 0.2) is 47.6 Å². The van der Waals surface area contributed by atoms with E-state index in [-0.39, 0.29) is 12.0 Å². The zero-order valence-corrected chi connectivity index (χ0v) is 16.8. The second kappa shape index (κ2) is 8.14. The number of hydrogen-bond donors (Lipinski definition) is 1. The Morgan fingerprint density at radius 3 is 2.93 bits per heavy atom. The number of fused-ring (bicyclic) bond motifs is 2. The zero-order valence-electron chi connectivity index (χ0n) is 16.0. The highest BCUT2D eigenvalue weighted by molar-refractivity contribution is 7.99. The standard InChI is InChI=1S/C21H23N3O3S/c1-3-24(11-15-12-26-18-6-4-5-7-19(18)27-15)20(25)13-28-21-22-16-9-8-14(2)10-17(16)23-21/h4-10,15H,3,11-13H2,1-2H3,(H,22,23)/t15-/m1/s1. The van der Waals surface area contributed by atoms with Gasteiger partial charge >= 0.3 is 0 Å². The topological polar surface area (TPSA) is 67.5 Å². The van der Waals surface area contributed by atoms with Gasteiger partial charge in [-0.15, -0.1) is 0 Å². The van der Waals surface area contributed by atoms with Crippen LogP contribution in [0.4, 0.5) is 0 Å². The lowest BCUT2D eigenvalue weighted by Crippen LogP contribution is -2.44. The maximum Gasteiger partial charge on any atom is 0.233 e. The molecule has 6 nitrogen and oxygen atoms in total. The van der Waals surface area contributed by atoms with E-state index in [9.17, 15) is 4.79 Å². The van der Waals surface area contributed by atoms with E-state index in [1.165, 1.54) is 17.3 Å². The van der Waals surface area contributed by atoms with Crippen LogP contribution in [0.3, 0.4) is 0 Å². The van der Waals surface area contributed by atoms with Crippen molar-refractivity contribution in [2.45, 2.75) is 25.1 Å². The summed E-state index contributed by atoms with van der Waals surface area (Å²) < 4.78 is 11.7. The van der Waals surface area contributed by atoms with Crippen LogP contribution >= 0.6 is 11.8 Å². The van der Waals surface area contributed by atoms with Crippen molar-refractivity contribution in [1.82, 2.24) is 14.9 Å². The average molecular weight is 398 g/mol. The number of imidazole rings is 1. The van der Waals surface area contributed by atoms with Gasteiger partial charge in [-0.2, -0.15) is 0 Å². The van der Waals surface area contributed by atoms with Crippen molar-refractivity contribution in [2.24, 2.45) is 0 Å². The molecule has 0 radical (unpaired) electrons. The van der Waals surface area contributed by atoms with E-state index in [1.807, 2.05) is 55.1 Å².